The molecule has 0 spiro atoms. The molecule has 4 nitrogen and oxygen atoms in total. The molecule has 0 unspecified atom stereocenters. The number of rotatable bonds is 1. The van der Waals surface area contributed by atoms with Crippen molar-refractivity contribution in [3.8, 4) is 0 Å². The highest BCUT2D eigenvalue weighted by Crippen LogP contribution is 2.27. The van der Waals surface area contributed by atoms with Gasteiger partial charge in [0.2, 0.25) is 0 Å². The van der Waals surface area contributed by atoms with Crippen LogP contribution in [0.5, 0.6) is 0 Å². The Labute approximate surface area is 85.5 Å². The standard InChI is InChI=1S/C9H7NO3S/c11-4-10-8(12)5-2-1-3-6(14)7(5)9(10)13/h1-2,11H,3-4H2. The van der Waals surface area contributed by atoms with Gasteiger partial charge in [-0.05, 0) is 0 Å². The lowest BCUT2D eigenvalue weighted by atomic mass is 9.99. The summed E-state index contributed by atoms with van der Waals surface area (Å²) in [6.45, 7) is -0.596. The number of nitrogens with zero attached hydrogens (tertiary/aromatic N) is 1. The molecule has 0 aromatic rings. The first-order chi connectivity index (χ1) is 6.66. The molecule has 0 aromatic heterocycles. The molecule has 2 amide bonds. The number of aliphatic hydroxyl groups is 1. The Morgan fingerprint density at radius 1 is 1.43 bits per heavy atom. The zero-order valence-corrected chi connectivity index (χ0v) is 8.00. The van der Waals surface area contributed by atoms with Gasteiger partial charge in [-0.25, -0.2) is 0 Å². The summed E-state index contributed by atoms with van der Waals surface area (Å²) in [4.78, 5) is 24.3. The summed E-state index contributed by atoms with van der Waals surface area (Å²) in [5.41, 5.74) is 0.585. The van der Waals surface area contributed by atoms with Crippen LogP contribution in [0.25, 0.3) is 0 Å². The molecule has 72 valence electrons. The highest BCUT2D eigenvalue weighted by molar-refractivity contribution is 7.81. The Hall–Kier alpha value is -1.33. The van der Waals surface area contributed by atoms with Crippen LogP contribution in [-0.4, -0.2) is 33.4 Å². The molecule has 1 aliphatic heterocycles. The molecule has 0 fully saturated rings. The Bertz CT molecular complexity index is 408. The van der Waals surface area contributed by atoms with E-state index in [9.17, 15) is 9.59 Å². The van der Waals surface area contributed by atoms with Crippen LogP contribution in [0.1, 0.15) is 6.42 Å². The molecule has 0 atom stereocenters. The number of hydrogen-bond acceptors (Lipinski definition) is 4. The van der Waals surface area contributed by atoms with Gasteiger partial charge in [0.25, 0.3) is 11.8 Å². The molecule has 1 aliphatic carbocycles. The van der Waals surface area contributed by atoms with Crippen LogP contribution in [-0.2, 0) is 9.59 Å². The molecule has 1 heterocycles. The zero-order chi connectivity index (χ0) is 10.3. The van der Waals surface area contributed by atoms with Crippen LogP contribution in [0.3, 0.4) is 0 Å². The van der Waals surface area contributed by atoms with E-state index < -0.39 is 18.5 Å². The fraction of sp³-hybridized carbons (Fsp3) is 0.222. The smallest absolute Gasteiger partial charge is 0.264 e. The second-order valence-corrected chi connectivity index (χ2v) is 3.49. The molecule has 2 aliphatic rings. The van der Waals surface area contributed by atoms with Gasteiger partial charge in [-0.15, -0.1) is 0 Å². The number of carbonyl (C=O) groups excluding carboxylic acids is 2. The van der Waals surface area contributed by atoms with Gasteiger partial charge in [0.15, 0.2) is 0 Å². The van der Waals surface area contributed by atoms with E-state index in [1.807, 2.05) is 0 Å². The van der Waals surface area contributed by atoms with Gasteiger partial charge in [0.05, 0.1) is 11.1 Å². The topological polar surface area (TPSA) is 57.6 Å². The minimum Gasteiger partial charge on any atom is -0.376 e. The summed E-state index contributed by atoms with van der Waals surface area (Å²) in [7, 11) is 0. The van der Waals surface area contributed by atoms with Crippen LogP contribution in [0.4, 0.5) is 0 Å². The second-order valence-electron chi connectivity index (χ2n) is 3.00. The minimum atomic E-state index is -0.596. The lowest BCUT2D eigenvalue weighted by Crippen LogP contribution is -2.32. The monoisotopic (exact) mass is 209 g/mol. The molecule has 0 bridgehead atoms. The lowest BCUT2D eigenvalue weighted by molar-refractivity contribution is -0.141. The maximum absolute atomic E-state index is 11.6. The molecule has 0 saturated carbocycles. The van der Waals surface area contributed by atoms with Crippen LogP contribution in [0, 0.1) is 0 Å². The summed E-state index contributed by atoms with van der Waals surface area (Å²) in [6, 6.07) is 0. The van der Waals surface area contributed by atoms with E-state index in [2.05, 4.69) is 0 Å². The first kappa shape index (κ1) is 9.23. The summed E-state index contributed by atoms with van der Waals surface area (Å²) >= 11 is 4.98. The van der Waals surface area contributed by atoms with Crippen molar-refractivity contribution in [3.05, 3.63) is 23.3 Å². The van der Waals surface area contributed by atoms with E-state index in [1.165, 1.54) is 0 Å². The Balaban J connectivity index is 2.51. The molecular formula is C9H7NO3S. The number of aliphatic hydroxyl groups excluding tert-OH is 1. The number of carbonyl (C=O) groups is 2. The number of hydrogen-bond donors (Lipinski definition) is 1. The molecule has 2 rings (SSSR count). The molecule has 14 heavy (non-hydrogen) atoms. The fourth-order valence-corrected chi connectivity index (χ4v) is 1.83. The average Bonchev–Trinajstić information content (AvgIpc) is 2.41. The highest BCUT2D eigenvalue weighted by Gasteiger charge is 2.39. The van der Waals surface area contributed by atoms with E-state index in [1.54, 1.807) is 12.2 Å². The first-order valence-corrected chi connectivity index (χ1v) is 4.48. The third-order valence-corrected chi connectivity index (χ3v) is 2.58. The predicted molar refractivity (Wildman–Crippen MR) is 52.3 cm³/mol. The summed E-state index contributed by atoms with van der Waals surface area (Å²) < 4.78 is 0. The van der Waals surface area contributed by atoms with Crippen molar-refractivity contribution in [1.29, 1.82) is 0 Å². The third-order valence-electron chi connectivity index (χ3n) is 2.21. The molecule has 0 radical (unpaired) electrons. The van der Waals surface area contributed by atoms with Gasteiger partial charge >= 0.3 is 0 Å². The maximum Gasteiger partial charge on any atom is 0.264 e. The van der Waals surface area contributed by atoms with Crippen LogP contribution >= 0.6 is 12.2 Å². The SMILES string of the molecule is O=C1C2=C(C(=O)N1CO)C(=S)CC=C2. The maximum atomic E-state index is 11.6. The number of allylic oxidation sites excluding steroid dienone is 1. The van der Waals surface area contributed by atoms with Crippen molar-refractivity contribution >= 4 is 28.9 Å². The third kappa shape index (κ3) is 1.06. The largest absolute Gasteiger partial charge is 0.376 e. The quantitative estimate of drug-likeness (QED) is 0.485. The summed E-state index contributed by atoms with van der Waals surface area (Å²) in [6.07, 6.45) is 3.83. The van der Waals surface area contributed by atoms with Gasteiger partial charge in [-0.1, -0.05) is 24.4 Å². The molecular weight excluding hydrogens is 202 g/mol. The Morgan fingerprint density at radius 2 is 2.14 bits per heavy atom. The van der Waals surface area contributed by atoms with Crippen molar-refractivity contribution in [1.82, 2.24) is 4.90 Å². The molecule has 0 saturated heterocycles. The van der Waals surface area contributed by atoms with Crippen molar-refractivity contribution < 1.29 is 14.7 Å². The van der Waals surface area contributed by atoms with Crippen LogP contribution < -0.4 is 0 Å². The van der Waals surface area contributed by atoms with Gasteiger partial charge in [-0.3, -0.25) is 14.5 Å². The van der Waals surface area contributed by atoms with E-state index in [-0.39, 0.29) is 5.57 Å². The first-order valence-electron chi connectivity index (χ1n) is 4.08. The van der Waals surface area contributed by atoms with Crippen molar-refractivity contribution in [2.45, 2.75) is 6.42 Å². The Morgan fingerprint density at radius 3 is 2.71 bits per heavy atom. The van der Waals surface area contributed by atoms with Crippen molar-refractivity contribution in [2.75, 3.05) is 6.73 Å². The Kier molecular flexibility index (Phi) is 2.05. The molecule has 0 aromatic carbocycles. The fourth-order valence-electron chi connectivity index (χ4n) is 1.53. The number of imide groups is 1. The van der Waals surface area contributed by atoms with Gasteiger partial charge < -0.3 is 5.11 Å². The van der Waals surface area contributed by atoms with Gasteiger partial charge in [0, 0.05) is 11.3 Å². The lowest BCUT2D eigenvalue weighted by Gasteiger charge is -2.09. The van der Waals surface area contributed by atoms with Crippen LogP contribution in [0.15, 0.2) is 23.3 Å². The van der Waals surface area contributed by atoms with E-state index in [0.29, 0.717) is 16.9 Å². The highest BCUT2D eigenvalue weighted by atomic mass is 32.1. The van der Waals surface area contributed by atoms with Crippen molar-refractivity contribution in [3.63, 3.8) is 0 Å². The normalized spacial score (nSPS) is 20.9. The number of amides is 2. The zero-order valence-electron chi connectivity index (χ0n) is 7.19. The summed E-state index contributed by atoms with van der Waals surface area (Å²) in [5, 5.41) is 8.83. The van der Waals surface area contributed by atoms with E-state index in [4.69, 9.17) is 17.3 Å². The predicted octanol–water partition coefficient (Wildman–Crippen LogP) is -0.0686. The van der Waals surface area contributed by atoms with E-state index in [0.717, 1.165) is 4.90 Å². The van der Waals surface area contributed by atoms with Crippen LogP contribution in [0.2, 0.25) is 0 Å². The minimum absolute atomic E-state index is 0.279. The molecule has 1 N–H and O–H groups in total. The average molecular weight is 209 g/mol. The molecule has 5 heteroatoms. The summed E-state index contributed by atoms with van der Waals surface area (Å²) in [5.74, 6) is -0.951. The second kappa shape index (κ2) is 3.11. The van der Waals surface area contributed by atoms with Gasteiger partial charge in [-0.2, -0.15) is 0 Å². The van der Waals surface area contributed by atoms with Gasteiger partial charge in [0.1, 0.15) is 6.73 Å². The van der Waals surface area contributed by atoms with Crippen molar-refractivity contribution in [2.24, 2.45) is 0 Å². The van der Waals surface area contributed by atoms with E-state index >= 15 is 0 Å². The number of thiocarbonyl (C=S) groups is 1.